The Balaban J connectivity index is 2.36. The highest BCUT2D eigenvalue weighted by Crippen LogP contribution is 2.17. The first kappa shape index (κ1) is 10.5. The summed E-state index contributed by atoms with van der Waals surface area (Å²) < 4.78 is 5.11. The summed E-state index contributed by atoms with van der Waals surface area (Å²) in [6.07, 6.45) is 1.04. The third-order valence-electron chi connectivity index (χ3n) is 2.25. The first-order valence-electron chi connectivity index (χ1n) is 4.36. The minimum atomic E-state index is -0.889. The van der Waals surface area contributed by atoms with Crippen molar-refractivity contribution >= 4 is 13.1 Å². The van der Waals surface area contributed by atoms with Gasteiger partial charge in [-0.2, -0.15) is 0 Å². The number of hydrogen-bond donors (Lipinski definition) is 3. The fourth-order valence-electron chi connectivity index (χ4n) is 1.50. The van der Waals surface area contributed by atoms with E-state index >= 15 is 0 Å². The Bertz CT molecular complexity index is 189. The Labute approximate surface area is 77.2 Å². The lowest BCUT2D eigenvalue weighted by Gasteiger charge is -2.29. The van der Waals surface area contributed by atoms with Crippen molar-refractivity contribution in [3.63, 3.8) is 0 Å². The van der Waals surface area contributed by atoms with Gasteiger partial charge in [0, 0.05) is 5.94 Å². The summed E-state index contributed by atoms with van der Waals surface area (Å²) >= 11 is 0. The molecule has 0 saturated carbocycles. The molecular formula is C7H14BNO4. The van der Waals surface area contributed by atoms with E-state index in [1.54, 1.807) is 7.05 Å². The van der Waals surface area contributed by atoms with Crippen LogP contribution in [-0.4, -0.2) is 42.3 Å². The van der Waals surface area contributed by atoms with Gasteiger partial charge < -0.3 is 20.1 Å². The molecule has 1 rings (SSSR count). The van der Waals surface area contributed by atoms with Crippen molar-refractivity contribution in [2.45, 2.75) is 31.3 Å². The van der Waals surface area contributed by atoms with Crippen LogP contribution in [0.25, 0.3) is 0 Å². The molecule has 0 aromatic rings. The Kier molecular flexibility index (Phi) is 3.71. The molecule has 0 aromatic heterocycles. The van der Waals surface area contributed by atoms with Crippen LogP contribution in [0.4, 0.5) is 0 Å². The molecule has 2 unspecified atom stereocenters. The second-order valence-corrected chi connectivity index (χ2v) is 3.22. The zero-order valence-electron chi connectivity index (χ0n) is 7.56. The van der Waals surface area contributed by atoms with Crippen LogP contribution < -0.4 is 5.32 Å². The molecule has 5 nitrogen and oxygen atoms in total. The number of nitrogens with one attached hydrogen (secondary N) is 1. The van der Waals surface area contributed by atoms with Crippen molar-refractivity contribution in [1.82, 2.24) is 5.32 Å². The molecule has 1 heterocycles. The van der Waals surface area contributed by atoms with Crippen molar-refractivity contribution in [2.75, 3.05) is 7.05 Å². The predicted octanol–water partition coefficient (Wildman–Crippen LogP) is -0.752. The molecule has 0 spiro atoms. The highest BCUT2D eigenvalue weighted by Gasteiger charge is 2.34. The maximum atomic E-state index is 10.3. The largest absolute Gasteiger partial charge is 0.481 e. The quantitative estimate of drug-likeness (QED) is 0.506. The van der Waals surface area contributed by atoms with E-state index in [0.717, 1.165) is 6.42 Å². The zero-order chi connectivity index (χ0) is 9.84. The molecule has 1 aliphatic heterocycles. The molecule has 74 valence electrons. The summed E-state index contributed by atoms with van der Waals surface area (Å²) in [5.74, 6) is -0.967. The number of aliphatic carboxylic acids is 1. The normalized spacial score (nSPS) is 28.9. The van der Waals surface area contributed by atoms with Gasteiger partial charge in [0.1, 0.15) is 0 Å². The average Bonchev–Trinajstić information content (AvgIpc) is 2.03. The minimum Gasteiger partial charge on any atom is -0.481 e. The number of carboxylic acids is 1. The first-order chi connectivity index (χ1) is 6.13. The molecule has 1 aliphatic rings. The molecule has 6 heteroatoms. The summed E-state index contributed by atoms with van der Waals surface area (Å²) in [7, 11) is 0.859. The lowest BCUT2D eigenvalue weighted by atomic mass is 9.72. The molecule has 3 N–H and O–H groups in total. The molecule has 13 heavy (non-hydrogen) atoms. The van der Waals surface area contributed by atoms with Crippen LogP contribution in [0.2, 0.25) is 0 Å². The molecule has 0 bridgehead atoms. The van der Waals surface area contributed by atoms with Crippen LogP contribution in [-0.2, 0) is 9.45 Å². The van der Waals surface area contributed by atoms with Crippen molar-refractivity contribution in [2.24, 2.45) is 0 Å². The van der Waals surface area contributed by atoms with Crippen molar-refractivity contribution in [3.8, 4) is 0 Å². The van der Waals surface area contributed by atoms with Gasteiger partial charge in [-0.05, 0) is 19.9 Å². The Morgan fingerprint density at radius 1 is 1.69 bits per heavy atom. The number of rotatable bonds is 3. The molecule has 1 saturated heterocycles. The predicted molar refractivity (Wildman–Crippen MR) is 47.2 cm³/mol. The Morgan fingerprint density at radius 3 is 2.85 bits per heavy atom. The van der Waals surface area contributed by atoms with Gasteiger partial charge in [-0.3, -0.25) is 4.79 Å². The second kappa shape index (κ2) is 4.60. The Morgan fingerprint density at radius 2 is 2.38 bits per heavy atom. The zero-order valence-corrected chi connectivity index (χ0v) is 7.56. The van der Waals surface area contributed by atoms with Gasteiger partial charge in [-0.25, -0.2) is 0 Å². The highest BCUT2D eigenvalue weighted by molar-refractivity contribution is 6.45. The van der Waals surface area contributed by atoms with E-state index in [-0.39, 0.29) is 18.5 Å². The van der Waals surface area contributed by atoms with Gasteiger partial charge in [0.2, 0.25) is 0 Å². The third-order valence-corrected chi connectivity index (χ3v) is 2.25. The van der Waals surface area contributed by atoms with E-state index in [0.29, 0.717) is 6.42 Å². The van der Waals surface area contributed by atoms with E-state index in [1.807, 2.05) is 0 Å². The monoisotopic (exact) mass is 187 g/mol. The topological polar surface area (TPSA) is 78.8 Å². The third kappa shape index (κ3) is 2.98. The summed E-state index contributed by atoms with van der Waals surface area (Å²) in [4.78, 5) is 10.3. The van der Waals surface area contributed by atoms with Gasteiger partial charge in [0.15, 0.2) is 0 Å². The van der Waals surface area contributed by atoms with Crippen LogP contribution in [0.1, 0.15) is 19.3 Å². The van der Waals surface area contributed by atoms with Crippen molar-refractivity contribution in [3.05, 3.63) is 0 Å². The van der Waals surface area contributed by atoms with Crippen molar-refractivity contribution < 1.29 is 19.6 Å². The summed E-state index contributed by atoms with van der Waals surface area (Å²) in [6.45, 7) is 0. The van der Waals surface area contributed by atoms with Crippen molar-refractivity contribution in [1.29, 1.82) is 0 Å². The van der Waals surface area contributed by atoms with Crippen LogP contribution in [0.3, 0.4) is 0 Å². The first-order valence-corrected chi connectivity index (χ1v) is 4.36. The van der Waals surface area contributed by atoms with E-state index in [1.165, 1.54) is 0 Å². The van der Waals surface area contributed by atoms with E-state index in [2.05, 4.69) is 5.32 Å². The standard InChI is InChI=1S/C7H14BNO4/c1-9-6-3-2-5(4-7(10)11)13-8(6)12/h5-6,9,12H,2-4H2,1H3,(H,10,11). The molecular weight excluding hydrogens is 173 g/mol. The molecule has 0 aliphatic carbocycles. The average molecular weight is 187 g/mol. The fraction of sp³-hybridized carbons (Fsp3) is 0.857. The molecule has 2 atom stereocenters. The molecule has 1 fully saturated rings. The Hall–Kier alpha value is -0.585. The number of carbonyl (C=O) groups is 1. The van der Waals surface area contributed by atoms with Gasteiger partial charge in [-0.15, -0.1) is 0 Å². The SMILES string of the molecule is CNC1CCC(CC(=O)O)OB1O. The van der Waals surface area contributed by atoms with Crippen LogP contribution in [0.5, 0.6) is 0 Å². The van der Waals surface area contributed by atoms with Crippen LogP contribution in [0.15, 0.2) is 0 Å². The van der Waals surface area contributed by atoms with E-state index in [4.69, 9.17) is 9.76 Å². The fourth-order valence-corrected chi connectivity index (χ4v) is 1.50. The summed E-state index contributed by atoms with van der Waals surface area (Å²) in [6, 6.07) is 0. The summed E-state index contributed by atoms with van der Waals surface area (Å²) in [5, 5.41) is 20.8. The second-order valence-electron chi connectivity index (χ2n) is 3.22. The van der Waals surface area contributed by atoms with Gasteiger partial charge in [-0.1, -0.05) is 0 Å². The maximum absolute atomic E-state index is 10.3. The lowest BCUT2D eigenvalue weighted by molar-refractivity contribution is -0.139. The molecule has 0 amide bonds. The smallest absolute Gasteiger partial charge is 0.472 e. The highest BCUT2D eigenvalue weighted by atomic mass is 16.5. The van der Waals surface area contributed by atoms with Crippen LogP contribution in [0, 0.1) is 0 Å². The molecule has 0 aromatic carbocycles. The minimum absolute atomic E-state index is 0.0342. The van der Waals surface area contributed by atoms with Crippen LogP contribution >= 0.6 is 0 Å². The molecule has 0 radical (unpaired) electrons. The lowest BCUT2D eigenvalue weighted by Crippen LogP contribution is -2.49. The maximum Gasteiger partial charge on any atom is 0.472 e. The summed E-state index contributed by atoms with van der Waals surface area (Å²) in [5.41, 5.74) is 0. The van der Waals surface area contributed by atoms with E-state index < -0.39 is 13.1 Å². The number of hydrogen-bond acceptors (Lipinski definition) is 4. The van der Waals surface area contributed by atoms with Gasteiger partial charge >= 0.3 is 13.1 Å². The number of carboxylic acid groups (broad SMARTS) is 1. The van der Waals surface area contributed by atoms with Gasteiger partial charge in [0.05, 0.1) is 12.5 Å². The van der Waals surface area contributed by atoms with E-state index in [9.17, 15) is 9.82 Å². The van der Waals surface area contributed by atoms with Gasteiger partial charge in [0.25, 0.3) is 0 Å².